The summed E-state index contributed by atoms with van der Waals surface area (Å²) in [6, 6.07) is 6.57. The first-order valence-corrected chi connectivity index (χ1v) is 8.89. The molecule has 1 amide bonds. The Hall–Kier alpha value is -3.29. The van der Waals surface area contributed by atoms with Crippen molar-refractivity contribution in [2.75, 3.05) is 18.1 Å². The van der Waals surface area contributed by atoms with Gasteiger partial charge >= 0.3 is 5.97 Å². The highest BCUT2D eigenvalue weighted by atomic mass is 19.1. The van der Waals surface area contributed by atoms with Gasteiger partial charge in [-0.1, -0.05) is 6.07 Å². The van der Waals surface area contributed by atoms with Crippen LogP contribution in [0.25, 0.3) is 0 Å². The summed E-state index contributed by atoms with van der Waals surface area (Å²) in [7, 11) is 0. The molecule has 0 radical (unpaired) electrons. The number of rotatable bonds is 4. The number of anilines is 1. The van der Waals surface area contributed by atoms with Crippen LogP contribution in [0, 0.1) is 22.9 Å². The minimum absolute atomic E-state index is 0.0647. The molecule has 0 aliphatic carbocycles. The molecule has 2 aromatic rings. The molecular formula is C20H19FN2O5. The maximum absolute atomic E-state index is 14.6. The van der Waals surface area contributed by atoms with Gasteiger partial charge in [-0.2, -0.15) is 0 Å². The Morgan fingerprint density at radius 3 is 2.61 bits per heavy atom. The smallest absolute Gasteiger partial charge is 0.338 e. The number of carbonyl (C=O) groups is 2. The topological polar surface area (TPSA) is 89.8 Å². The van der Waals surface area contributed by atoms with E-state index >= 15 is 0 Å². The van der Waals surface area contributed by atoms with Crippen molar-refractivity contribution in [3.8, 4) is 0 Å². The maximum atomic E-state index is 14.6. The van der Waals surface area contributed by atoms with Crippen molar-refractivity contribution in [3.63, 3.8) is 0 Å². The van der Waals surface area contributed by atoms with E-state index in [1.54, 1.807) is 13.8 Å². The van der Waals surface area contributed by atoms with Crippen LogP contribution in [0.15, 0.2) is 30.3 Å². The highest BCUT2D eigenvalue weighted by Crippen LogP contribution is 2.33. The minimum atomic E-state index is -0.763. The summed E-state index contributed by atoms with van der Waals surface area (Å²) in [6.45, 7) is 3.76. The van der Waals surface area contributed by atoms with Crippen molar-refractivity contribution in [1.82, 2.24) is 0 Å². The number of aryl methyl sites for hydroxylation is 2. The highest BCUT2D eigenvalue weighted by molar-refractivity contribution is 6.08. The van der Waals surface area contributed by atoms with Crippen LogP contribution in [-0.4, -0.2) is 30.0 Å². The summed E-state index contributed by atoms with van der Waals surface area (Å²) < 4.78 is 19.5. The molecule has 0 unspecified atom stereocenters. The number of hydrogen-bond acceptors (Lipinski definition) is 5. The zero-order valence-electron chi connectivity index (χ0n) is 15.5. The average Bonchev–Trinajstić information content (AvgIpc) is 2.66. The lowest BCUT2D eigenvalue weighted by molar-refractivity contribution is -0.384. The number of ether oxygens (including phenoxy) is 1. The summed E-state index contributed by atoms with van der Waals surface area (Å²) >= 11 is 0. The first-order valence-electron chi connectivity index (χ1n) is 8.89. The molecule has 0 aromatic heterocycles. The molecular weight excluding hydrogens is 367 g/mol. The van der Waals surface area contributed by atoms with E-state index in [2.05, 4.69) is 0 Å². The zero-order chi connectivity index (χ0) is 20.4. The van der Waals surface area contributed by atoms with Crippen molar-refractivity contribution in [2.24, 2.45) is 0 Å². The molecule has 28 heavy (non-hydrogen) atoms. The Morgan fingerprint density at radius 2 is 1.93 bits per heavy atom. The summed E-state index contributed by atoms with van der Waals surface area (Å²) in [5, 5.41) is 11.2. The second-order valence-corrected chi connectivity index (χ2v) is 6.56. The molecule has 3 rings (SSSR count). The Morgan fingerprint density at radius 1 is 1.21 bits per heavy atom. The van der Waals surface area contributed by atoms with E-state index in [9.17, 15) is 24.1 Å². The second kappa shape index (κ2) is 7.75. The Labute approximate surface area is 160 Å². The number of hydrogen-bond donors (Lipinski definition) is 0. The third-order valence-corrected chi connectivity index (χ3v) is 4.52. The third-order valence-electron chi connectivity index (χ3n) is 4.52. The van der Waals surface area contributed by atoms with Gasteiger partial charge < -0.3 is 9.64 Å². The molecule has 1 aliphatic heterocycles. The van der Waals surface area contributed by atoms with Crippen LogP contribution in [0.1, 0.15) is 45.2 Å². The van der Waals surface area contributed by atoms with Crippen LogP contribution >= 0.6 is 0 Å². The van der Waals surface area contributed by atoms with Crippen molar-refractivity contribution in [1.29, 1.82) is 0 Å². The molecule has 0 fully saturated rings. The number of nitro groups is 1. The summed E-state index contributed by atoms with van der Waals surface area (Å²) in [6.07, 6.45) is 1.28. The molecule has 8 heteroatoms. The molecule has 0 atom stereocenters. The van der Waals surface area contributed by atoms with Gasteiger partial charge in [0.15, 0.2) is 0 Å². The van der Waals surface area contributed by atoms with Gasteiger partial charge in [0.05, 0.1) is 22.8 Å². The van der Waals surface area contributed by atoms with E-state index in [1.807, 2.05) is 6.07 Å². The molecule has 2 aromatic carbocycles. The molecule has 0 saturated carbocycles. The molecule has 146 valence electrons. The van der Waals surface area contributed by atoms with E-state index in [4.69, 9.17) is 4.74 Å². The van der Waals surface area contributed by atoms with E-state index in [0.29, 0.717) is 18.4 Å². The van der Waals surface area contributed by atoms with Crippen molar-refractivity contribution < 1.29 is 23.6 Å². The number of halogens is 1. The molecule has 1 aliphatic rings. The highest BCUT2D eigenvalue weighted by Gasteiger charge is 2.29. The van der Waals surface area contributed by atoms with Gasteiger partial charge in [0.1, 0.15) is 5.82 Å². The van der Waals surface area contributed by atoms with Crippen LogP contribution in [0.4, 0.5) is 15.8 Å². The van der Waals surface area contributed by atoms with Crippen LogP contribution in [0.2, 0.25) is 0 Å². The number of carbonyl (C=O) groups excluding carboxylic acids is 2. The van der Waals surface area contributed by atoms with Gasteiger partial charge in [-0.15, -0.1) is 0 Å². The fraction of sp³-hybridized carbons (Fsp3) is 0.300. The van der Waals surface area contributed by atoms with Gasteiger partial charge in [-0.3, -0.25) is 14.9 Å². The van der Waals surface area contributed by atoms with Crippen LogP contribution in [0.3, 0.4) is 0 Å². The number of nitro benzene ring substituents is 1. The standard InChI is InChI=1S/C20H19FN2O5/c1-3-28-20(25)15-9-14(10-16(11-15)23(26)27)19(24)22-6-4-5-13-7-12(2)8-17(21)18(13)22/h7-11H,3-6H2,1-2H3. The fourth-order valence-electron chi connectivity index (χ4n) is 3.37. The van der Waals surface area contributed by atoms with E-state index in [1.165, 1.54) is 17.0 Å². The summed E-state index contributed by atoms with van der Waals surface area (Å²) in [4.78, 5) is 37.0. The van der Waals surface area contributed by atoms with Crippen molar-refractivity contribution in [2.45, 2.75) is 26.7 Å². The Balaban J connectivity index is 2.06. The van der Waals surface area contributed by atoms with Gasteiger partial charge in [-0.05, 0) is 49.9 Å². The zero-order valence-corrected chi connectivity index (χ0v) is 15.5. The largest absolute Gasteiger partial charge is 0.462 e. The summed E-state index contributed by atoms with van der Waals surface area (Å²) in [5.41, 5.74) is 1.09. The average molecular weight is 386 g/mol. The van der Waals surface area contributed by atoms with Crippen molar-refractivity contribution in [3.05, 3.63) is 68.5 Å². The number of amides is 1. The molecule has 7 nitrogen and oxygen atoms in total. The minimum Gasteiger partial charge on any atom is -0.462 e. The quantitative estimate of drug-likeness (QED) is 0.453. The van der Waals surface area contributed by atoms with Gasteiger partial charge in [-0.25, -0.2) is 9.18 Å². The number of non-ortho nitro benzene ring substituents is 1. The van der Waals surface area contributed by atoms with E-state index in [0.717, 1.165) is 17.7 Å². The lowest BCUT2D eigenvalue weighted by Gasteiger charge is -2.30. The number of fused-ring (bicyclic) bond motifs is 1. The van der Waals surface area contributed by atoms with Crippen molar-refractivity contribution >= 4 is 23.3 Å². The first kappa shape index (κ1) is 19.5. The van der Waals surface area contributed by atoms with Crippen LogP contribution in [0.5, 0.6) is 0 Å². The molecule has 0 spiro atoms. The van der Waals surface area contributed by atoms with Gasteiger partial charge in [0.25, 0.3) is 11.6 Å². The SMILES string of the molecule is CCOC(=O)c1cc(C(=O)N2CCCc3cc(C)cc(F)c32)cc([N+](=O)[O-])c1. The third kappa shape index (κ3) is 3.71. The Bertz CT molecular complexity index is 973. The van der Waals surface area contributed by atoms with E-state index in [-0.39, 0.29) is 30.0 Å². The maximum Gasteiger partial charge on any atom is 0.338 e. The number of esters is 1. The normalized spacial score (nSPS) is 13.0. The van der Waals surface area contributed by atoms with Gasteiger partial charge in [0, 0.05) is 24.2 Å². The monoisotopic (exact) mass is 386 g/mol. The number of benzene rings is 2. The predicted octanol–water partition coefficient (Wildman–Crippen LogP) is 3.81. The van der Waals surface area contributed by atoms with E-state index < -0.39 is 28.3 Å². The Kier molecular flexibility index (Phi) is 5.39. The first-order chi connectivity index (χ1) is 13.3. The van der Waals surface area contributed by atoms with Crippen LogP contribution in [-0.2, 0) is 11.2 Å². The molecule has 0 saturated heterocycles. The molecule has 0 bridgehead atoms. The van der Waals surface area contributed by atoms with Crippen LogP contribution < -0.4 is 4.90 Å². The molecule has 1 heterocycles. The number of nitrogens with zero attached hydrogens (tertiary/aromatic N) is 2. The lowest BCUT2D eigenvalue weighted by Crippen LogP contribution is -2.36. The summed E-state index contributed by atoms with van der Waals surface area (Å²) in [5.74, 6) is -1.88. The van der Waals surface area contributed by atoms with Gasteiger partial charge in [0.2, 0.25) is 0 Å². The molecule has 0 N–H and O–H groups in total. The second-order valence-electron chi connectivity index (χ2n) is 6.56. The predicted molar refractivity (Wildman–Crippen MR) is 100 cm³/mol. The fourth-order valence-corrected chi connectivity index (χ4v) is 3.37. The lowest BCUT2D eigenvalue weighted by atomic mass is 9.98.